The standard InChI is InChI=1S/C13H24N2O2/c1-13(2,12(16)17)10-15-7-5-14(6-8-15)9-11-3-4-11/h11H,3-10H2,1-2H3,(H,16,17). The summed E-state index contributed by atoms with van der Waals surface area (Å²) in [5.41, 5.74) is -0.626. The highest BCUT2D eigenvalue weighted by Gasteiger charge is 2.32. The molecule has 1 N–H and O–H groups in total. The number of carbonyl (C=O) groups is 1. The first-order valence-electron chi connectivity index (χ1n) is 6.65. The van der Waals surface area contributed by atoms with E-state index in [4.69, 9.17) is 5.11 Å². The Morgan fingerprint density at radius 1 is 1.18 bits per heavy atom. The van der Waals surface area contributed by atoms with Crippen molar-refractivity contribution in [2.75, 3.05) is 39.3 Å². The lowest BCUT2D eigenvalue weighted by atomic mass is 9.93. The molecule has 2 aliphatic rings. The zero-order valence-corrected chi connectivity index (χ0v) is 11.0. The molecule has 0 unspecified atom stereocenters. The highest BCUT2D eigenvalue weighted by atomic mass is 16.4. The van der Waals surface area contributed by atoms with Crippen molar-refractivity contribution < 1.29 is 9.90 Å². The maximum Gasteiger partial charge on any atom is 0.310 e. The molecule has 0 atom stereocenters. The summed E-state index contributed by atoms with van der Waals surface area (Å²) in [4.78, 5) is 15.9. The summed E-state index contributed by atoms with van der Waals surface area (Å²) in [6.07, 6.45) is 2.82. The monoisotopic (exact) mass is 240 g/mol. The van der Waals surface area contributed by atoms with Crippen LogP contribution >= 0.6 is 0 Å². The van der Waals surface area contributed by atoms with Crippen molar-refractivity contribution in [1.82, 2.24) is 9.80 Å². The minimum atomic E-state index is -0.696. The van der Waals surface area contributed by atoms with Crippen LogP contribution in [0.2, 0.25) is 0 Å². The summed E-state index contributed by atoms with van der Waals surface area (Å²) < 4.78 is 0. The second-order valence-corrected chi connectivity index (χ2v) is 6.21. The average molecular weight is 240 g/mol. The fourth-order valence-corrected chi connectivity index (χ4v) is 2.42. The Kier molecular flexibility index (Phi) is 3.73. The van der Waals surface area contributed by atoms with Crippen molar-refractivity contribution in [1.29, 1.82) is 0 Å². The molecule has 0 spiro atoms. The van der Waals surface area contributed by atoms with Crippen LogP contribution in [0.1, 0.15) is 26.7 Å². The third-order valence-electron chi connectivity index (χ3n) is 3.88. The molecule has 4 nitrogen and oxygen atoms in total. The number of carboxylic acid groups (broad SMARTS) is 1. The second kappa shape index (κ2) is 4.94. The van der Waals surface area contributed by atoms with Crippen molar-refractivity contribution in [3.8, 4) is 0 Å². The number of hydrogen-bond donors (Lipinski definition) is 1. The van der Waals surface area contributed by atoms with E-state index in [0.29, 0.717) is 6.54 Å². The van der Waals surface area contributed by atoms with Gasteiger partial charge in [-0.3, -0.25) is 9.69 Å². The fourth-order valence-electron chi connectivity index (χ4n) is 2.42. The van der Waals surface area contributed by atoms with Crippen molar-refractivity contribution in [2.24, 2.45) is 11.3 Å². The Morgan fingerprint density at radius 3 is 2.18 bits per heavy atom. The predicted molar refractivity (Wildman–Crippen MR) is 67.0 cm³/mol. The van der Waals surface area contributed by atoms with Crippen LogP contribution in [-0.4, -0.2) is 60.1 Å². The van der Waals surface area contributed by atoms with Gasteiger partial charge >= 0.3 is 5.97 Å². The number of aliphatic carboxylic acids is 1. The summed E-state index contributed by atoms with van der Waals surface area (Å²) in [5.74, 6) is 0.259. The molecule has 0 amide bonds. The number of nitrogens with zero attached hydrogens (tertiary/aromatic N) is 2. The number of piperazine rings is 1. The zero-order chi connectivity index (χ0) is 12.5. The van der Waals surface area contributed by atoms with Crippen molar-refractivity contribution in [2.45, 2.75) is 26.7 Å². The highest BCUT2D eigenvalue weighted by Crippen LogP contribution is 2.30. The molecule has 0 aromatic carbocycles. The Balaban J connectivity index is 1.72. The molecule has 2 fully saturated rings. The molecule has 0 aromatic rings. The van der Waals surface area contributed by atoms with Crippen LogP contribution in [0.4, 0.5) is 0 Å². The van der Waals surface area contributed by atoms with Gasteiger partial charge in [-0.05, 0) is 32.6 Å². The lowest BCUT2D eigenvalue weighted by molar-refractivity contribution is -0.148. The number of rotatable bonds is 5. The quantitative estimate of drug-likeness (QED) is 0.782. The van der Waals surface area contributed by atoms with E-state index in [1.54, 1.807) is 0 Å². The molecule has 2 rings (SSSR count). The van der Waals surface area contributed by atoms with Crippen LogP contribution in [0.15, 0.2) is 0 Å². The summed E-state index contributed by atoms with van der Waals surface area (Å²) >= 11 is 0. The molecular weight excluding hydrogens is 216 g/mol. The molecule has 1 saturated heterocycles. The minimum absolute atomic E-state index is 0.626. The van der Waals surface area contributed by atoms with Gasteiger partial charge in [-0.2, -0.15) is 0 Å². The van der Waals surface area contributed by atoms with E-state index in [2.05, 4.69) is 9.80 Å². The first kappa shape index (κ1) is 12.8. The lowest BCUT2D eigenvalue weighted by Crippen LogP contribution is -2.50. The van der Waals surface area contributed by atoms with Crippen molar-refractivity contribution in [3.05, 3.63) is 0 Å². The van der Waals surface area contributed by atoms with Crippen LogP contribution in [0, 0.1) is 11.3 Å². The Bertz CT molecular complexity index is 279. The van der Waals surface area contributed by atoms with Crippen molar-refractivity contribution in [3.63, 3.8) is 0 Å². The van der Waals surface area contributed by atoms with Gasteiger partial charge in [0.05, 0.1) is 5.41 Å². The van der Waals surface area contributed by atoms with E-state index < -0.39 is 11.4 Å². The van der Waals surface area contributed by atoms with Gasteiger partial charge in [0.2, 0.25) is 0 Å². The van der Waals surface area contributed by atoms with Gasteiger partial charge in [-0.15, -0.1) is 0 Å². The molecule has 1 saturated carbocycles. The summed E-state index contributed by atoms with van der Waals surface area (Å²) in [6.45, 7) is 9.79. The molecule has 98 valence electrons. The fraction of sp³-hybridized carbons (Fsp3) is 0.923. The first-order valence-corrected chi connectivity index (χ1v) is 6.65. The largest absolute Gasteiger partial charge is 0.481 e. The maximum atomic E-state index is 11.1. The molecule has 0 aromatic heterocycles. The molecule has 4 heteroatoms. The third-order valence-corrected chi connectivity index (χ3v) is 3.88. The molecule has 1 aliphatic carbocycles. The topological polar surface area (TPSA) is 43.8 Å². The van der Waals surface area contributed by atoms with E-state index in [0.717, 1.165) is 32.1 Å². The van der Waals surface area contributed by atoms with Gasteiger partial charge in [-0.1, -0.05) is 0 Å². The van der Waals surface area contributed by atoms with Gasteiger partial charge in [0.25, 0.3) is 0 Å². The van der Waals surface area contributed by atoms with Crippen LogP contribution in [0.25, 0.3) is 0 Å². The van der Waals surface area contributed by atoms with E-state index in [1.807, 2.05) is 13.8 Å². The van der Waals surface area contributed by atoms with E-state index in [9.17, 15) is 4.79 Å². The average Bonchev–Trinajstić information content (AvgIpc) is 3.04. The van der Waals surface area contributed by atoms with Gasteiger partial charge < -0.3 is 10.0 Å². The normalized spacial score (nSPS) is 23.9. The third kappa shape index (κ3) is 3.68. The lowest BCUT2D eigenvalue weighted by Gasteiger charge is -2.37. The Labute approximate surface area is 104 Å². The minimum Gasteiger partial charge on any atom is -0.481 e. The summed E-state index contributed by atoms with van der Waals surface area (Å²) in [5, 5.41) is 9.11. The Morgan fingerprint density at radius 2 is 1.71 bits per heavy atom. The van der Waals surface area contributed by atoms with Gasteiger partial charge in [0, 0.05) is 39.3 Å². The van der Waals surface area contributed by atoms with Gasteiger partial charge in [-0.25, -0.2) is 0 Å². The Hall–Kier alpha value is -0.610. The van der Waals surface area contributed by atoms with Crippen LogP contribution < -0.4 is 0 Å². The summed E-state index contributed by atoms with van der Waals surface area (Å²) in [7, 11) is 0. The zero-order valence-electron chi connectivity index (χ0n) is 11.0. The number of carboxylic acids is 1. The van der Waals surface area contributed by atoms with Crippen molar-refractivity contribution >= 4 is 5.97 Å². The highest BCUT2D eigenvalue weighted by molar-refractivity contribution is 5.73. The predicted octanol–water partition coefficient (Wildman–Crippen LogP) is 1.12. The maximum absolute atomic E-state index is 11.1. The molecule has 17 heavy (non-hydrogen) atoms. The number of hydrogen-bond acceptors (Lipinski definition) is 3. The van der Waals surface area contributed by atoms with Gasteiger partial charge in [0.15, 0.2) is 0 Å². The second-order valence-electron chi connectivity index (χ2n) is 6.21. The van der Waals surface area contributed by atoms with Gasteiger partial charge in [0.1, 0.15) is 0 Å². The molecular formula is C13H24N2O2. The van der Waals surface area contributed by atoms with E-state index >= 15 is 0 Å². The van der Waals surface area contributed by atoms with Crippen LogP contribution in [-0.2, 0) is 4.79 Å². The molecule has 1 heterocycles. The molecule has 0 bridgehead atoms. The van der Waals surface area contributed by atoms with E-state index in [1.165, 1.54) is 19.4 Å². The van der Waals surface area contributed by atoms with E-state index in [-0.39, 0.29) is 0 Å². The molecule has 0 radical (unpaired) electrons. The van der Waals surface area contributed by atoms with Crippen LogP contribution in [0.5, 0.6) is 0 Å². The smallest absolute Gasteiger partial charge is 0.310 e. The van der Waals surface area contributed by atoms with Crippen LogP contribution in [0.3, 0.4) is 0 Å². The molecule has 1 aliphatic heterocycles. The first-order chi connectivity index (χ1) is 7.97. The SMILES string of the molecule is CC(C)(CN1CCN(CC2CC2)CC1)C(=O)O. The summed E-state index contributed by atoms with van der Waals surface area (Å²) in [6, 6.07) is 0.